The summed E-state index contributed by atoms with van der Waals surface area (Å²) in [6.45, 7) is 6.87. The Morgan fingerprint density at radius 2 is 2.00 bits per heavy atom. The van der Waals surface area contributed by atoms with E-state index in [4.69, 9.17) is 0 Å². The molecule has 0 amide bonds. The number of aromatic nitrogens is 2. The van der Waals surface area contributed by atoms with Crippen molar-refractivity contribution >= 4 is 5.95 Å². The average Bonchev–Trinajstić information content (AvgIpc) is 2.38. The van der Waals surface area contributed by atoms with Gasteiger partial charge in [0, 0.05) is 17.9 Å². The van der Waals surface area contributed by atoms with E-state index in [9.17, 15) is 4.39 Å². The van der Waals surface area contributed by atoms with Crippen molar-refractivity contribution in [3.8, 4) is 0 Å². The van der Waals surface area contributed by atoms with Gasteiger partial charge in [0.25, 0.3) is 0 Å². The third-order valence-electron chi connectivity index (χ3n) is 3.05. The summed E-state index contributed by atoms with van der Waals surface area (Å²) in [5.74, 6) is 0.821. The fourth-order valence-electron chi connectivity index (χ4n) is 1.98. The summed E-state index contributed by atoms with van der Waals surface area (Å²) in [5, 5.41) is 3.20. The smallest absolute Gasteiger partial charge is 0.223 e. The van der Waals surface area contributed by atoms with E-state index in [2.05, 4.69) is 29.1 Å². The molecule has 106 valence electrons. The first-order valence-corrected chi connectivity index (χ1v) is 6.88. The molecule has 0 aliphatic carbocycles. The first-order valence-electron chi connectivity index (χ1n) is 6.88. The minimum atomic E-state index is -0.198. The van der Waals surface area contributed by atoms with Gasteiger partial charge in [-0.05, 0) is 43.0 Å². The van der Waals surface area contributed by atoms with Crippen LogP contribution in [0.1, 0.15) is 36.7 Å². The number of aryl methyl sites for hydroxylation is 1. The second-order valence-electron chi connectivity index (χ2n) is 5.22. The zero-order chi connectivity index (χ0) is 14.5. The van der Waals surface area contributed by atoms with Crippen LogP contribution in [0.5, 0.6) is 0 Å². The molecule has 3 nitrogen and oxygen atoms in total. The molecule has 0 fully saturated rings. The Balaban J connectivity index is 1.97. The summed E-state index contributed by atoms with van der Waals surface area (Å²) in [6, 6.07) is 8.66. The molecule has 20 heavy (non-hydrogen) atoms. The Morgan fingerprint density at radius 1 is 1.20 bits per heavy atom. The molecule has 0 unspecified atom stereocenters. The van der Waals surface area contributed by atoms with E-state index in [-0.39, 0.29) is 5.82 Å². The Labute approximate surface area is 119 Å². The highest BCUT2D eigenvalue weighted by Crippen LogP contribution is 2.14. The lowest BCUT2D eigenvalue weighted by molar-refractivity contribution is 0.625. The van der Waals surface area contributed by atoms with Crippen molar-refractivity contribution in [3.63, 3.8) is 0 Å². The maximum absolute atomic E-state index is 13.1. The number of anilines is 1. The monoisotopic (exact) mass is 273 g/mol. The predicted octanol–water partition coefficient (Wildman–Crippen LogP) is 3.70. The van der Waals surface area contributed by atoms with Crippen LogP contribution in [-0.4, -0.2) is 16.5 Å². The average molecular weight is 273 g/mol. The van der Waals surface area contributed by atoms with Gasteiger partial charge >= 0.3 is 0 Å². The zero-order valence-corrected chi connectivity index (χ0v) is 12.2. The molecule has 1 N–H and O–H groups in total. The standard InChI is InChI=1S/C16H20FN3/c1-11(2)15-9-12(3)19-16(20-15)18-8-7-13-5-4-6-14(17)10-13/h4-6,9-11H,7-8H2,1-3H3,(H,18,19,20). The van der Waals surface area contributed by atoms with Crippen molar-refractivity contribution in [1.82, 2.24) is 9.97 Å². The van der Waals surface area contributed by atoms with Gasteiger partial charge in [-0.2, -0.15) is 0 Å². The maximum atomic E-state index is 13.1. The molecule has 0 saturated carbocycles. The topological polar surface area (TPSA) is 37.8 Å². The number of rotatable bonds is 5. The molecule has 4 heteroatoms. The zero-order valence-electron chi connectivity index (χ0n) is 12.2. The van der Waals surface area contributed by atoms with E-state index in [1.165, 1.54) is 6.07 Å². The largest absolute Gasteiger partial charge is 0.354 e. The van der Waals surface area contributed by atoms with Gasteiger partial charge < -0.3 is 5.32 Å². The van der Waals surface area contributed by atoms with Crippen LogP contribution < -0.4 is 5.32 Å². The predicted molar refractivity (Wildman–Crippen MR) is 79.5 cm³/mol. The highest BCUT2D eigenvalue weighted by atomic mass is 19.1. The fourth-order valence-corrected chi connectivity index (χ4v) is 1.98. The molecule has 0 radical (unpaired) electrons. The van der Waals surface area contributed by atoms with Crippen molar-refractivity contribution in [1.29, 1.82) is 0 Å². The third kappa shape index (κ3) is 4.02. The summed E-state index contributed by atoms with van der Waals surface area (Å²) in [7, 11) is 0. The lowest BCUT2D eigenvalue weighted by Crippen LogP contribution is -2.10. The molecule has 0 aliphatic heterocycles. The van der Waals surface area contributed by atoms with Crippen LogP contribution >= 0.6 is 0 Å². The van der Waals surface area contributed by atoms with Gasteiger partial charge in [0.1, 0.15) is 5.82 Å². The van der Waals surface area contributed by atoms with Gasteiger partial charge in [0.05, 0.1) is 0 Å². The fraction of sp³-hybridized carbons (Fsp3) is 0.375. The molecular weight excluding hydrogens is 253 g/mol. The van der Waals surface area contributed by atoms with Crippen molar-refractivity contribution in [2.24, 2.45) is 0 Å². The van der Waals surface area contributed by atoms with Gasteiger partial charge in [-0.1, -0.05) is 26.0 Å². The summed E-state index contributed by atoms with van der Waals surface area (Å²) < 4.78 is 13.1. The van der Waals surface area contributed by atoms with Crippen LogP contribution in [-0.2, 0) is 6.42 Å². The Hall–Kier alpha value is -1.97. The van der Waals surface area contributed by atoms with E-state index >= 15 is 0 Å². The number of nitrogens with one attached hydrogen (secondary N) is 1. The molecular formula is C16H20FN3. The normalized spacial score (nSPS) is 10.8. The molecule has 2 aromatic rings. The van der Waals surface area contributed by atoms with E-state index < -0.39 is 0 Å². The lowest BCUT2D eigenvalue weighted by atomic mass is 10.1. The Bertz CT molecular complexity index is 582. The summed E-state index contributed by atoms with van der Waals surface area (Å²) >= 11 is 0. The lowest BCUT2D eigenvalue weighted by Gasteiger charge is -2.10. The molecule has 0 bridgehead atoms. The molecule has 1 heterocycles. The van der Waals surface area contributed by atoms with Gasteiger partial charge in [-0.25, -0.2) is 14.4 Å². The highest BCUT2D eigenvalue weighted by Gasteiger charge is 2.05. The highest BCUT2D eigenvalue weighted by molar-refractivity contribution is 5.29. The van der Waals surface area contributed by atoms with Crippen molar-refractivity contribution in [2.75, 3.05) is 11.9 Å². The molecule has 0 saturated heterocycles. The Morgan fingerprint density at radius 3 is 2.70 bits per heavy atom. The molecule has 0 spiro atoms. The number of benzene rings is 1. The van der Waals surface area contributed by atoms with E-state index in [1.807, 2.05) is 19.1 Å². The molecule has 0 aliphatic rings. The minimum absolute atomic E-state index is 0.198. The van der Waals surface area contributed by atoms with Crippen LogP contribution in [0.15, 0.2) is 30.3 Å². The quantitative estimate of drug-likeness (QED) is 0.902. The summed E-state index contributed by atoms with van der Waals surface area (Å²) in [5.41, 5.74) is 2.96. The first-order chi connectivity index (χ1) is 9.54. The first kappa shape index (κ1) is 14.4. The minimum Gasteiger partial charge on any atom is -0.354 e. The van der Waals surface area contributed by atoms with E-state index in [1.54, 1.807) is 12.1 Å². The van der Waals surface area contributed by atoms with Crippen molar-refractivity contribution in [2.45, 2.75) is 33.1 Å². The molecule has 1 aromatic carbocycles. The second kappa shape index (κ2) is 6.46. The van der Waals surface area contributed by atoms with Crippen LogP contribution in [0, 0.1) is 12.7 Å². The number of hydrogen-bond acceptors (Lipinski definition) is 3. The van der Waals surface area contributed by atoms with Crippen molar-refractivity contribution < 1.29 is 4.39 Å². The van der Waals surface area contributed by atoms with E-state index in [0.717, 1.165) is 23.4 Å². The third-order valence-corrected chi connectivity index (χ3v) is 3.05. The van der Waals surface area contributed by atoms with Crippen LogP contribution in [0.3, 0.4) is 0 Å². The number of halogens is 1. The molecule has 2 rings (SSSR count). The molecule has 1 aromatic heterocycles. The van der Waals surface area contributed by atoms with Crippen LogP contribution in [0.25, 0.3) is 0 Å². The Kier molecular flexibility index (Phi) is 4.66. The van der Waals surface area contributed by atoms with E-state index in [0.29, 0.717) is 18.4 Å². The maximum Gasteiger partial charge on any atom is 0.223 e. The van der Waals surface area contributed by atoms with Gasteiger partial charge in [0.15, 0.2) is 0 Å². The van der Waals surface area contributed by atoms with Crippen LogP contribution in [0.4, 0.5) is 10.3 Å². The van der Waals surface area contributed by atoms with Crippen molar-refractivity contribution in [3.05, 3.63) is 53.1 Å². The van der Waals surface area contributed by atoms with Gasteiger partial charge in [0.2, 0.25) is 5.95 Å². The SMILES string of the molecule is Cc1cc(C(C)C)nc(NCCc2cccc(F)c2)n1. The van der Waals surface area contributed by atoms with Gasteiger partial charge in [-0.3, -0.25) is 0 Å². The number of hydrogen-bond donors (Lipinski definition) is 1. The van der Waals surface area contributed by atoms with Crippen LogP contribution in [0.2, 0.25) is 0 Å². The summed E-state index contributed by atoms with van der Waals surface area (Å²) in [4.78, 5) is 8.85. The van der Waals surface area contributed by atoms with Gasteiger partial charge in [-0.15, -0.1) is 0 Å². The summed E-state index contributed by atoms with van der Waals surface area (Å²) in [6.07, 6.45) is 0.742. The second-order valence-corrected chi connectivity index (χ2v) is 5.22. The molecule has 0 atom stereocenters. The number of nitrogens with zero attached hydrogens (tertiary/aromatic N) is 2.